The minimum Gasteiger partial charge on any atom is -0.325 e. The second-order valence-corrected chi connectivity index (χ2v) is 3.33. The standard InChI is InChI=1S/C10H19N3O/c1-5-12(6-2)10(14)13(8-7-11)9(3)4/h9H,5-6,8H2,1-4H3. The molecule has 0 aliphatic carbocycles. The zero-order valence-electron chi connectivity index (χ0n) is 9.45. The molecule has 2 amide bonds. The molecule has 0 spiro atoms. The summed E-state index contributed by atoms with van der Waals surface area (Å²) >= 11 is 0. The molecule has 0 radical (unpaired) electrons. The highest BCUT2D eigenvalue weighted by molar-refractivity contribution is 5.74. The Kier molecular flexibility index (Phi) is 5.70. The Hall–Kier alpha value is -1.24. The van der Waals surface area contributed by atoms with Crippen LogP contribution in [-0.4, -0.2) is 41.5 Å². The normalized spacial score (nSPS) is 9.71. The molecular weight excluding hydrogens is 178 g/mol. The van der Waals surface area contributed by atoms with Gasteiger partial charge in [-0.1, -0.05) is 0 Å². The Morgan fingerprint density at radius 3 is 2.14 bits per heavy atom. The summed E-state index contributed by atoms with van der Waals surface area (Å²) in [5.74, 6) is 0. The van der Waals surface area contributed by atoms with Gasteiger partial charge in [-0.3, -0.25) is 0 Å². The maximum absolute atomic E-state index is 11.8. The summed E-state index contributed by atoms with van der Waals surface area (Å²) in [6.07, 6.45) is 0. The Labute approximate surface area is 86.1 Å². The lowest BCUT2D eigenvalue weighted by molar-refractivity contribution is 0.151. The fourth-order valence-electron chi connectivity index (χ4n) is 1.22. The van der Waals surface area contributed by atoms with E-state index >= 15 is 0 Å². The smallest absolute Gasteiger partial charge is 0.321 e. The van der Waals surface area contributed by atoms with Gasteiger partial charge < -0.3 is 9.80 Å². The zero-order valence-corrected chi connectivity index (χ0v) is 9.45. The monoisotopic (exact) mass is 197 g/mol. The van der Waals surface area contributed by atoms with Crippen LogP contribution in [0.15, 0.2) is 0 Å². The summed E-state index contributed by atoms with van der Waals surface area (Å²) < 4.78 is 0. The molecule has 0 aromatic rings. The number of amides is 2. The molecule has 0 bridgehead atoms. The van der Waals surface area contributed by atoms with Gasteiger partial charge >= 0.3 is 6.03 Å². The van der Waals surface area contributed by atoms with E-state index in [0.29, 0.717) is 13.1 Å². The summed E-state index contributed by atoms with van der Waals surface area (Å²) in [5.41, 5.74) is 0. The summed E-state index contributed by atoms with van der Waals surface area (Å²) in [6, 6.07) is 2.03. The number of carbonyl (C=O) groups excluding carboxylic acids is 1. The summed E-state index contributed by atoms with van der Waals surface area (Å²) in [7, 11) is 0. The van der Waals surface area contributed by atoms with Crippen LogP contribution in [0.3, 0.4) is 0 Å². The molecule has 0 rings (SSSR count). The number of rotatable bonds is 4. The molecule has 14 heavy (non-hydrogen) atoms. The van der Waals surface area contributed by atoms with Crippen LogP contribution in [0.2, 0.25) is 0 Å². The van der Waals surface area contributed by atoms with E-state index < -0.39 is 0 Å². The molecule has 0 aromatic heterocycles. The molecule has 0 aromatic carbocycles. The minimum absolute atomic E-state index is 0.0495. The van der Waals surface area contributed by atoms with Crippen LogP contribution in [0, 0.1) is 11.3 Å². The average molecular weight is 197 g/mol. The van der Waals surface area contributed by atoms with E-state index in [4.69, 9.17) is 5.26 Å². The largest absolute Gasteiger partial charge is 0.325 e. The third kappa shape index (κ3) is 3.25. The van der Waals surface area contributed by atoms with Crippen LogP contribution in [0.1, 0.15) is 27.7 Å². The van der Waals surface area contributed by atoms with Crippen molar-refractivity contribution in [2.75, 3.05) is 19.6 Å². The molecule has 0 unspecified atom stereocenters. The van der Waals surface area contributed by atoms with Crippen molar-refractivity contribution in [1.29, 1.82) is 5.26 Å². The van der Waals surface area contributed by atoms with Crippen LogP contribution >= 0.6 is 0 Å². The van der Waals surface area contributed by atoms with Crippen molar-refractivity contribution in [3.8, 4) is 6.07 Å². The van der Waals surface area contributed by atoms with E-state index in [-0.39, 0.29) is 18.6 Å². The molecule has 0 saturated heterocycles. The summed E-state index contributed by atoms with van der Waals surface area (Å²) in [4.78, 5) is 15.1. The number of nitrogens with zero attached hydrogens (tertiary/aromatic N) is 3. The number of carbonyl (C=O) groups is 1. The third-order valence-corrected chi connectivity index (χ3v) is 2.14. The van der Waals surface area contributed by atoms with Crippen molar-refractivity contribution < 1.29 is 4.79 Å². The van der Waals surface area contributed by atoms with Crippen molar-refractivity contribution in [2.45, 2.75) is 33.7 Å². The van der Waals surface area contributed by atoms with E-state index in [0.717, 1.165) is 0 Å². The lowest BCUT2D eigenvalue weighted by Gasteiger charge is -2.30. The van der Waals surface area contributed by atoms with Gasteiger partial charge in [-0.05, 0) is 27.7 Å². The van der Waals surface area contributed by atoms with Crippen molar-refractivity contribution in [1.82, 2.24) is 9.80 Å². The van der Waals surface area contributed by atoms with Gasteiger partial charge in [0, 0.05) is 19.1 Å². The molecule has 0 saturated carbocycles. The zero-order chi connectivity index (χ0) is 11.1. The Bertz CT molecular complexity index is 216. The highest BCUT2D eigenvalue weighted by Gasteiger charge is 2.20. The van der Waals surface area contributed by atoms with Crippen LogP contribution in [0.5, 0.6) is 0 Å². The van der Waals surface area contributed by atoms with Gasteiger partial charge in [-0.15, -0.1) is 0 Å². The predicted octanol–water partition coefficient (Wildman–Crippen LogP) is 1.68. The lowest BCUT2D eigenvalue weighted by atomic mass is 10.3. The van der Waals surface area contributed by atoms with E-state index in [2.05, 4.69) is 0 Å². The number of urea groups is 1. The first kappa shape index (κ1) is 12.8. The Morgan fingerprint density at radius 1 is 1.36 bits per heavy atom. The second-order valence-electron chi connectivity index (χ2n) is 3.33. The minimum atomic E-state index is -0.0495. The first-order valence-corrected chi connectivity index (χ1v) is 5.00. The van der Waals surface area contributed by atoms with Crippen molar-refractivity contribution in [3.05, 3.63) is 0 Å². The van der Waals surface area contributed by atoms with Crippen LogP contribution in [0.25, 0.3) is 0 Å². The second kappa shape index (κ2) is 6.25. The number of hydrogen-bond acceptors (Lipinski definition) is 2. The highest BCUT2D eigenvalue weighted by atomic mass is 16.2. The van der Waals surface area contributed by atoms with E-state index in [1.165, 1.54) is 0 Å². The molecule has 80 valence electrons. The molecule has 0 aliphatic rings. The van der Waals surface area contributed by atoms with Crippen molar-refractivity contribution in [3.63, 3.8) is 0 Å². The van der Waals surface area contributed by atoms with Gasteiger partial charge in [-0.2, -0.15) is 5.26 Å². The SMILES string of the molecule is CCN(CC)C(=O)N(CC#N)C(C)C. The predicted molar refractivity (Wildman–Crippen MR) is 55.8 cm³/mol. The molecule has 0 aliphatic heterocycles. The van der Waals surface area contributed by atoms with E-state index in [1.54, 1.807) is 9.80 Å². The maximum atomic E-state index is 11.8. The molecule has 0 N–H and O–H groups in total. The van der Waals surface area contributed by atoms with E-state index in [9.17, 15) is 4.79 Å². The maximum Gasteiger partial charge on any atom is 0.321 e. The van der Waals surface area contributed by atoms with Gasteiger partial charge in [0.25, 0.3) is 0 Å². The van der Waals surface area contributed by atoms with Crippen LogP contribution in [-0.2, 0) is 0 Å². The van der Waals surface area contributed by atoms with Crippen molar-refractivity contribution in [2.24, 2.45) is 0 Å². The Morgan fingerprint density at radius 2 is 1.86 bits per heavy atom. The molecule has 0 atom stereocenters. The average Bonchev–Trinajstić information content (AvgIpc) is 2.15. The van der Waals surface area contributed by atoms with Gasteiger partial charge in [0.1, 0.15) is 6.54 Å². The highest BCUT2D eigenvalue weighted by Crippen LogP contribution is 2.03. The van der Waals surface area contributed by atoms with Gasteiger partial charge in [0.15, 0.2) is 0 Å². The number of nitriles is 1. The van der Waals surface area contributed by atoms with Crippen LogP contribution in [0.4, 0.5) is 4.79 Å². The third-order valence-electron chi connectivity index (χ3n) is 2.14. The lowest BCUT2D eigenvalue weighted by Crippen LogP contribution is -2.46. The number of hydrogen-bond donors (Lipinski definition) is 0. The Balaban J connectivity index is 4.50. The summed E-state index contributed by atoms with van der Waals surface area (Å²) in [6.45, 7) is 9.23. The van der Waals surface area contributed by atoms with Gasteiger partial charge in [0.2, 0.25) is 0 Å². The fourth-order valence-corrected chi connectivity index (χ4v) is 1.22. The first-order valence-electron chi connectivity index (χ1n) is 5.00. The molecule has 4 heteroatoms. The first-order chi connectivity index (χ1) is 6.58. The topological polar surface area (TPSA) is 47.3 Å². The van der Waals surface area contributed by atoms with Gasteiger partial charge in [-0.25, -0.2) is 4.79 Å². The molecule has 0 heterocycles. The van der Waals surface area contributed by atoms with Gasteiger partial charge in [0.05, 0.1) is 6.07 Å². The molecule has 4 nitrogen and oxygen atoms in total. The van der Waals surface area contributed by atoms with Crippen molar-refractivity contribution >= 4 is 6.03 Å². The fraction of sp³-hybridized carbons (Fsp3) is 0.800. The van der Waals surface area contributed by atoms with Crippen LogP contribution < -0.4 is 0 Å². The molecule has 0 fully saturated rings. The molecular formula is C10H19N3O. The summed E-state index contributed by atoms with van der Waals surface area (Å²) in [5, 5.41) is 8.60. The quantitative estimate of drug-likeness (QED) is 0.644. The van der Waals surface area contributed by atoms with E-state index in [1.807, 2.05) is 33.8 Å².